The molecule has 0 aliphatic carbocycles. The number of hydrogen-bond donors (Lipinski definition) is 0. The number of carbonyl (C=O) groups excluding carboxylic acids is 1. The van der Waals surface area contributed by atoms with Crippen LogP contribution in [0.2, 0.25) is 0 Å². The summed E-state index contributed by atoms with van der Waals surface area (Å²) in [6, 6.07) is 16.0. The average molecular weight is 361 g/mol. The zero-order chi connectivity index (χ0) is 18.8. The number of carbonyl (C=O) groups is 1. The van der Waals surface area contributed by atoms with Crippen molar-refractivity contribution in [3.05, 3.63) is 71.1 Å². The highest BCUT2D eigenvalue weighted by atomic mass is 16.5. The normalized spacial score (nSPS) is 16.7. The van der Waals surface area contributed by atoms with Crippen LogP contribution >= 0.6 is 0 Å². The molecule has 27 heavy (non-hydrogen) atoms. The molecule has 1 aromatic heterocycles. The van der Waals surface area contributed by atoms with Crippen LogP contribution in [0.5, 0.6) is 0 Å². The van der Waals surface area contributed by atoms with Crippen molar-refractivity contribution in [2.75, 3.05) is 6.54 Å². The zero-order valence-electron chi connectivity index (χ0n) is 15.7. The van der Waals surface area contributed by atoms with Crippen molar-refractivity contribution in [3.63, 3.8) is 0 Å². The van der Waals surface area contributed by atoms with Crippen LogP contribution < -0.4 is 0 Å². The maximum absolute atomic E-state index is 12.9. The molecule has 0 radical (unpaired) electrons. The lowest BCUT2D eigenvalue weighted by molar-refractivity contribution is -0.131. The Bertz CT molecular complexity index is 946. The van der Waals surface area contributed by atoms with Gasteiger partial charge in [0.25, 0.3) is 0 Å². The third-order valence-corrected chi connectivity index (χ3v) is 5.05. The number of nitrogens with zero attached hydrogens (tertiary/aromatic N) is 3. The van der Waals surface area contributed by atoms with Crippen molar-refractivity contribution in [2.45, 2.75) is 39.2 Å². The number of likely N-dealkylation sites (tertiary alicyclic amines) is 1. The molecule has 0 unspecified atom stereocenters. The highest BCUT2D eigenvalue weighted by molar-refractivity contribution is 5.79. The molecule has 0 bridgehead atoms. The molecule has 1 fully saturated rings. The molecule has 1 aliphatic rings. The van der Waals surface area contributed by atoms with E-state index in [0.29, 0.717) is 18.1 Å². The number of benzene rings is 2. The van der Waals surface area contributed by atoms with Crippen molar-refractivity contribution in [1.82, 2.24) is 15.0 Å². The van der Waals surface area contributed by atoms with E-state index in [2.05, 4.69) is 16.2 Å². The SMILES string of the molecule is Cc1ccc(-c2noc([C@H]3CCCN3C(=O)Cc3cccc(C)c3)n2)cc1. The lowest BCUT2D eigenvalue weighted by Crippen LogP contribution is -2.32. The van der Waals surface area contributed by atoms with E-state index in [0.717, 1.165) is 36.1 Å². The van der Waals surface area contributed by atoms with Crippen LogP contribution in [0.15, 0.2) is 53.1 Å². The third kappa shape index (κ3) is 3.77. The number of hydrogen-bond acceptors (Lipinski definition) is 4. The van der Waals surface area contributed by atoms with Crippen molar-refractivity contribution >= 4 is 5.91 Å². The molecule has 1 atom stereocenters. The van der Waals surface area contributed by atoms with E-state index < -0.39 is 0 Å². The Labute approximate surface area is 159 Å². The first-order valence-electron chi connectivity index (χ1n) is 9.36. The Morgan fingerprint density at radius 1 is 1.15 bits per heavy atom. The topological polar surface area (TPSA) is 59.2 Å². The molecule has 5 heteroatoms. The average Bonchev–Trinajstić information content (AvgIpc) is 3.31. The molecule has 4 rings (SSSR count). The molecule has 0 saturated carbocycles. The third-order valence-electron chi connectivity index (χ3n) is 5.05. The van der Waals surface area contributed by atoms with Crippen LogP contribution in [0.1, 0.15) is 41.5 Å². The van der Waals surface area contributed by atoms with Gasteiger partial charge in [0.15, 0.2) is 0 Å². The first kappa shape index (κ1) is 17.5. The molecule has 1 saturated heterocycles. The quantitative estimate of drug-likeness (QED) is 0.697. The van der Waals surface area contributed by atoms with E-state index in [4.69, 9.17) is 4.52 Å². The zero-order valence-corrected chi connectivity index (χ0v) is 15.7. The molecular formula is C22H23N3O2. The summed E-state index contributed by atoms with van der Waals surface area (Å²) in [6.07, 6.45) is 2.21. The summed E-state index contributed by atoms with van der Waals surface area (Å²) in [7, 11) is 0. The molecular weight excluding hydrogens is 338 g/mol. The fourth-order valence-electron chi connectivity index (χ4n) is 3.61. The van der Waals surface area contributed by atoms with Crippen LogP contribution in [0.3, 0.4) is 0 Å². The van der Waals surface area contributed by atoms with Crippen molar-refractivity contribution in [3.8, 4) is 11.4 Å². The van der Waals surface area contributed by atoms with Gasteiger partial charge in [-0.05, 0) is 32.3 Å². The Morgan fingerprint density at radius 3 is 2.74 bits per heavy atom. The molecule has 0 spiro atoms. The first-order chi connectivity index (χ1) is 13.1. The number of aryl methyl sites for hydroxylation is 2. The second kappa shape index (κ2) is 7.35. The maximum atomic E-state index is 12.9. The van der Waals surface area contributed by atoms with E-state index in [-0.39, 0.29) is 11.9 Å². The summed E-state index contributed by atoms with van der Waals surface area (Å²) >= 11 is 0. The summed E-state index contributed by atoms with van der Waals surface area (Å²) in [5, 5.41) is 4.13. The maximum Gasteiger partial charge on any atom is 0.249 e. The van der Waals surface area contributed by atoms with Crippen molar-refractivity contribution < 1.29 is 9.32 Å². The Balaban J connectivity index is 1.51. The van der Waals surface area contributed by atoms with Gasteiger partial charge in [0, 0.05) is 12.1 Å². The van der Waals surface area contributed by atoms with Crippen LogP contribution in [0, 0.1) is 13.8 Å². The molecule has 2 heterocycles. The predicted octanol–water partition coefficient (Wildman–Crippen LogP) is 4.26. The standard InChI is InChI=1S/C22H23N3O2/c1-15-8-10-18(11-9-15)21-23-22(27-24-21)19-7-4-12-25(19)20(26)14-17-6-3-5-16(2)13-17/h3,5-6,8-11,13,19H,4,7,12,14H2,1-2H3/t19-/m1/s1. The Hall–Kier alpha value is -2.95. The molecule has 0 N–H and O–H groups in total. The largest absolute Gasteiger partial charge is 0.337 e. The van der Waals surface area contributed by atoms with Crippen LogP contribution in [0.4, 0.5) is 0 Å². The fraction of sp³-hybridized carbons (Fsp3) is 0.318. The molecule has 3 aromatic rings. The molecule has 2 aromatic carbocycles. The van der Waals surface area contributed by atoms with E-state index in [1.807, 2.05) is 61.2 Å². The van der Waals surface area contributed by atoms with E-state index in [1.54, 1.807) is 0 Å². The Morgan fingerprint density at radius 2 is 1.96 bits per heavy atom. The number of rotatable bonds is 4. The van der Waals surface area contributed by atoms with Crippen molar-refractivity contribution in [2.24, 2.45) is 0 Å². The van der Waals surface area contributed by atoms with E-state index in [9.17, 15) is 4.79 Å². The summed E-state index contributed by atoms with van der Waals surface area (Å²) in [4.78, 5) is 19.3. The number of amides is 1. The lowest BCUT2D eigenvalue weighted by Gasteiger charge is -2.22. The van der Waals surface area contributed by atoms with Gasteiger partial charge in [-0.2, -0.15) is 4.98 Å². The highest BCUT2D eigenvalue weighted by Crippen LogP contribution is 2.32. The second-order valence-corrected chi connectivity index (χ2v) is 7.23. The predicted molar refractivity (Wildman–Crippen MR) is 103 cm³/mol. The van der Waals surface area contributed by atoms with E-state index >= 15 is 0 Å². The van der Waals surface area contributed by atoms with Gasteiger partial charge < -0.3 is 9.42 Å². The van der Waals surface area contributed by atoms with Gasteiger partial charge >= 0.3 is 0 Å². The summed E-state index contributed by atoms with van der Waals surface area (Å²) in [5.41, 5.74) is 4.31. The van der Waals surface area contributed by atoms with Gasteiger partial charge in [0.1, 0.15) is 6.04 Å². The summed E-state index contributed by atoms with van der Waals surface area (Å²) < 4.78 is 5.53. The van der Waals surface area contributed by atoms with Crippen LogP contribution in [0.25, 0.3) is 11.4 Å². The van der Waals surface area contributed by atoms with Gasteiger partial charge in [-0.1, -0.05) is 64.8 Å². The molecule has 1 amide bonds. The fourth-order valence-corrected chi connectivity index (χ4v) is 3.61. The van der Waals surface area contributed by atoms with Gasteiger partial charge in [0.05, 0.1) is 6.42 Å². The Kier molecular flexibility index (Phi) is 4.75. The van der Waals surface area contributed by atoms with E-state index in [1.165, 1.54) is 5.56 Å². The minimum Gasteiger partial charge on any atom is -0.337 e. The molecule has 138 valence electrons. The highest BCUT2D eigenvalue weighted by Gasteiger charge is 2.34. The minimum atomic E-state index is -0.131. The molecule has 5 nitrogen and oxygen atoms in total. The second-order valence-electron chi connectivity index (χ2n) is 7.23. The first-order valence-corrected chi connectivity index (χ1v) is 9.36. The monoisotopic (exact) mass is 361 g/mol. The summed E-state index contributed by atoms with van der Waals surface area (Å²) in [6.45, 7) is 4.82. The molecule has 1 aliphatic heterocycles. The van der Waals surface area contributed by atoms with Gasteiger partial charge in [0.2, 0.25) is 17.6 Å². The smallest absolute Gasteiger partial charge is 0.249 e. The van der Waals surface area contributed by atoms with Crippen molar-refractivity contribution in [1.29, 1.82) is 0 Å². The minimum absolute atomic E-state index is 0.109. The van der Waals surface area contributed by atoms with Gasteiger partial charge in [-0.25, -0.2) is 0 Å². The summed E-state index contributed by atoms with van der Waals surface area (Å²) in [5.74, 6) is 1.21. The lowest BCUT2D eigenvalue weighted by atomic mass is 10.1. The number of aromatic nitrogens is 2. The van der Waals surface area contributed by atoms with Crippen LogP contribution in [-0.2, 0) is 11.2 Å². The van der Waals surface area contributed by atoms with Gasteiger partial charge in [-0.3, -0.25) is 4.79 Å². The van der Waals surface area contributed by atoms with Crippen LogP contribution in [-0.4, -0.2) is 27.5 Å². The van der Waals surface area contributed by atoms with Gasteiger partial charge in [-0.15, -0.1) is 0 Å².